The third kappa shape index (κ3) is 5.77. The highest BCUT2D eigenvalue weighted by molar-refractivity contribution is 7.99. The van der Waals surface area contributed by atoms with Gasteiger partial charge in [-0.05, 0) is 96.5 Å². The van der Waals surface area contributed by atoms with Gasteiger partial charge in [-0.3, -0.25) is 14.2 Å². The summed E-state index contributed by atoms with van der Waals surface area (Å²) in [6.45, 7) is 1.85. The predicted molar refractivity (Wildman–Crippen MR) is 195 cm³/mol. The van der Waals surface area contributed by atoms with Crippen molar-refractivity contribution < 1.29 is 9.21 Å². The molecule has 3 heterocycles. The molecule has 3 aromatic heterocycles. The van der Waals surface area contributed by atoms with Crippen LogP contribution in [0.15, 0.2) is 135 Å². The van der Waals surface area contributed by atoms with E-state index < -0.39 is 0 Å². The second-order valence-corrected chi connectivity index (χ2v) is 13.7. The number of nitrogens with zero attached hydrogens (tertiary/aromatic N) is 3. The topological polar surface area (TPSA) is 90.0 Å². The number of nitrogens with one attached hydrogen (secondary N) is 1. The number of oxazole rings is 1. The van der Waals surface area contributed by atoms with Gasteiger partial charge in [0.15, 0.2) is 5.58 Å². The van der Waals surface area contributed by atoms with Crippen LogP contribution in [0.1, 0.15) is 5.56 Å². The van der Waals surface area contributed by atoms with Crippen LogP contribution in [-0.2, 0) is 11.3 Å². The van der Waals surface area contributed by atoms with Crippen LogP contribution < -0.4 is 10.9 Å². The van der Waals surface area contributed by atoms with Crippen LogP contribution in [0.3, 0.4) is 0 Å². The van der Waals surface area contributed by atoms with Crippen LogP contribution in [0, 0.1) is 6.92 Å². The number of halogens is 1. The van der Waals surface area contributed by atoms with Crippen molar-refractivity contribution in [3.8, 4) is 21.7 Å². The first-order chi connectivity index (χ1) is 23.4. The van der Waals surface area contributed by atoms with Crippen LogP contribution in [0.5, 0.6) is 0 Å². The average molecular weight is 685 g/mol. The maximum absolute atomic E-state index is 14.4. The van der Waals surface area contributed by atoms with Crippen molar-refractivity contribution in [1.29, 1.82) is 0 Å². The second kappa shape index (κ2) is 12.4. The van der Waals surface area contributed by atoms with Crippen molar-refractivity contribution in [2.45, 2.75) is 23.6 Å². The highest BCUT2D eigenvalue weighted by atomic mass is 35.5. The van der Waals surface area contributed by atoms with E-state index >= 15 is 0 Å². The molecule has 1 N–H and O–H groups in total. The molecule has 0 spiro atoms. The summed E-state index contributed by atoms with van der Waals surface area (Å²) in [4.78, 5) is 37.7. The Hall–Kier alpha value is -5.22. The zero-order valence-electron chi connectivity index (χ0n) is 25.4. The number of hydrogen-bond donors (Lipinski definition) is 1. The van der Waals surface area contributed by atoms with Gasteiger partial charge in [-0.15, -0.1) is 11.3 Å². The lowest BCUT2D eigenvalue weighted by atomic mass is 10.0. The second-order valence-electron chi connectivity index (χ2n) is 11.3. The van der Waals surface area contributed by atoms with Crippen molar-refractivity contribution in [2.75, 3.05) is 5.32 Å². The fraction of sp³-hybridized carbons (Fsp3) is 0.0526. The Morgan fingerprint density at radius 2 is 1.67 bits per heavy atom. The number of pyridine rings is 1. The molecule has 0 radical (unpaired) electrons. The van der Waals surface area contributed by atoms with Crippen LogP contribution >= 0.6 is 34.7 Å². The normalized spacial score (nSPS) is 11.5. The van der Waals surface area contributed by atoms with Gasteiger partial charge in [-0.2, -0.15) is 0 Å². The molecular weight excluding hydrogens is 660 g/mol. The first-order valence-electron chi connectivity index (χ1n) is 15.1. The SMILES string of the molecule is Cc1ccc2nc(-c3ccc(NC(=O)Cn4c(=O)c(Sc5nc6ccccc6o5)c(-c5ccccc5)c5cc(Cl)ccc54)cc3)sc2c1. The molecule has 0 aliphatic rings. The fourth-order valence-corrected chi connectivity index (χ4v) is 7.94. The van der Waals surface area contributed by atoms with E-state index in [0.717, 1.165) is 43.5 Å². The number of aromatic nitrogens is 3. The van der Waals surface area contributed by atoms with Crippen LogP contribution in [-0.4, -0.2) is 20.4 Å². The Morgan fingerprint density at radius 3 is 2.48 bits per heavy atom. The van der Waals surface area contributed by atoms with Crippen molar-refractivity contribution in [3.63, 3.8) is 0 Å². The molecule has 8 aromatic rings. The zero-order valence-corrected chi connectivity index (χ0v) is 27.8. The van der Waals surface area contributed by atoms with Gasteiger partial charge in [0.1, 0.15) is 17.1 Å². The van der Waals surface area contributed by atoms with E-state index in [1.165, 1.54) is 10.1 Å². The lowest BCUT2D eigenvalue weighted by molar-refractivity contribution is -0.116. The maximum atomic E-state index is 14.4. The number of fused-ring (bicyclic) bond motifs is 3. The Labute approximate surface area is 287 Å². The first kappa shape index (κ1) is 30.1. The summed E-state index contributed by atoms with van der Waals surface area (Å²) in [5, 5.41) is 5.44. The Kier molecular flexibility index (Phi) is 7.80. The largest absolute Gasteiger partial charge is 0.431 e. The minimum atomic E-state index is -0.346. The summed E-state index contributed by atoms with van der Waals surface area (Å²) >= 11 is 9.30. The smallest absolute Gasteiger partial charge is 0.266 e. The zero-order chi connectivity index (χ0) is 32.8. The van der Waals surface area contributed by atoms with Gasteiger partial charge in [0, 0.05) is 27.2 Å². The average Bonchev–Trinajstić information content (AvgIpc) is 3.71. The lowest BCUT2D eigenvalue weighted by Gasteiger charge is -2.18. The van der Waals surface area contributed by atoms with E-state index in [4.69, 9.17) is 21.0 Å². The van der Waals surface area contributed by atoms with Crippen molar-refractivity contribution >= 4 is 78.5 Å². The van der Waals surface area contributed by atoms with Gasteiger partial charge in [0.25, 0.3) is 10.8 Å². The number of hydrogen-bond acceptors (Lipinski definition) is 7. The molecule has 0 fully saturated rings. The molecule has 0 saturated heterocycles. The molecule has 0 atom stereocenters. The third-order valence-corrected chi connectivity index (χ3v) is 10.2. The fourth-order valence-electron chi connectivity index (χ4n) is 5.73. The van der Waals surface area contributed by atoms with E-state index in [1.807, 2.05) is 91.0 Å². The van der Waals surface area contributed by atoms with Gasteiger partial charge < -0.3 is 9.73 Å². The molecule has 1 amide bonds. The molecule has 0 aliphatic carbocycles. The van der Waals surface area contributed by atoms with Crippen molar-refractivity contribution in [3.05, 3.63) is 136 Å². The maximum Gasteiger partial charge on any atom is 0.266 e. The number of thiazole rings is 1. The number of para-hydroxylation sites is 2. The van der Waals surface area contributed by atoms with Crippen molar-refractivity contribution in [1.82, 2.24) is 14.5 Å². The van der Waals surface area contributed by atoms with Gasteiger partial charge in [-0.25, -0.2) is 9.97 Å². The van der Waals surface area contributed by atoms with Gasteiger partial charge in [-0.1, -0.05) is 60.1 Å². The lowest BCUT2D eigenvalue weighted by Crippen LogP contribution is -2.29. The molecule has 7 nitrogen and oxygen atoms in total. The Morgan fingerprint density at radius 1 is 0.875 bits per heavy atom. The molecule has 0 unspecified atom stereocenters. The number of benzene rings is 5. The highest BCUT2D eigenvalue weighted by Crippen LogP contribution is 2.40. The van der Waals surface area contributed by atoms with Crippen LogP contribution in [0.4, 0.5) is 5.69 Å². The first-order valence-corrected chi connectivity index (χ1v) is 17.1. The molecule has 0 saturated carbocycles. The van der Waals surface area contributed by atoms with Gasteiger partial charge in [0.2, 0.25) is 5.91 Å². The Bertz CT molecular complexity index is 2530. The summed E-state index contributed by atoms with van der Waals surface area (Å²) < 4.78 is 8.63. The van der Waals surface area contributed by atoms with Crippen LogP contribution in [0.2, 0.25) is 5.02 Å². The number of rotatable bonds is 7. The minimum absolute atomic E-state index is 0.216. The number of amides is 1. The van der Waals surface area contributed by atoms with E-state index in [1.54, 1.807) is 23.5 Å². The summed E-state index contributed by atoms with van der Waals surface area (Å²) in [5.41, 5.74) is 6.81. The Balaban J connectivity index is 1.15. The van der Waals surface area contributed by atoms with E-state index in [-0.39, 0.29) is 18.0 Å². The third-order valence-electron chi connectivity index (χ3n) is 7.97. The summed E-state index contributed by atoms with van der Waals surface area (Å²) in [6.07, 6.45) is 0. The van der Waals surface area contributed by atoms with E-state index in [9.17, 15) is 9.59 Å². The molecule has 48 heavy (non-hydrogen) atoms. The highest BCUT2D eigenvalue weighted by Gasteiger charge is 2.23. The van der Waals surface area contributed by atoms with Crippen LogP contribution in [0.25, 0.3) is 53.9 Å². The molecule has 10 heteroatoms. The van der Waals surface area contributed by atoms with Gasteiger partial charge >= 0.3 is 0 Å². The van der Waals surface area contributed by atoms with E-state index in [2.05, 4.69) is 29.4 Å². The standard InChI is InChI=1S/C38H25ClN4O3S2/c1-22-11-17-29-32(19-22)47-36(41-29)24-12-15-26(16-13-24)40-33(44)21-43-30-18-14-25(39)20-27(30)34(23-7-3-2-4-8-23)35(37(43)45)48-38-42-28-9-5-6-10-31(28)46-38/h2-20H,21H2,1H3,(H,40,44). The molecule has 0 aliphatic heterocycles. The number of aryl methyl sites for hydroxylation is 1. The predicted octanol–water partition coefficient (Wildman–Crippen LogP) is 9.84. The van der Waals surface area contributed by atoms with Gasteiger partial charge in [0.05, 0.1) is 20.6 Å². The molecule has 234 valence electrons. The molecular formula is C38H25ClN4O3S2. The monoisotopic (exact) mass is 684 g/mol. The summed E-state index contributed by atoms with van der Waals surface area (Å²) in [5.74, 6) is -0.346. The number of anilines is 1. The van der Waals surface area contributed by atoms with Crippen molar-refractivity contribution in [2.24, 2.45) is 0 Å². The molecule has 8 rings (SSSR count). The molecule has 0 bridgehead atoms. The number of carbonyl (C=O) groups excluding carboxylic acids is 1. The van der Waals surface area contributed by atoms with E-state index in [0.29, 0.717) is 43.0 Å². The quantitative estimate of drug-likeness (QED) is 0.180. The summed E-state index contributed by atoms with van der Waals surface area (Å²) in [6, 6.07) is 36.2. The summed E-state index contributed by atoms with van der Waals surface area (Å²) in [7, 11) is 0. The number of carbonyl (C=O) groups is 1. The minimum Gasteiger partial charge on any atom is -0.431 e. The molecule has 5 aromatic carbocycles.